The number of pyridine rings is 1. The minimum atomic E-state index is -0.382. The lowest BCUT2D eigenvalue weighted by atomic mass is 9.91. The number of hydrogen-bond donors (Lipinski definition) is 6. The van der Waals surface area contributed by atoms with E-state index in [1.54, 1.807) is 6.07 Å². The van der Waals surface area contributed by atoms with Crippen molar-refractivity contribution in [3.8, 4) is 11.1 Å². The number of β-amino-alcohol motifs (C(OH)–C–C–N with tert-alkyl or cyclic N) is 1. The van der Waals surface area contributed by atoms with Crippen LogP contribution < -0.4 is 32.3 Å². The number of nitrogens with one attached hydrogen (secondary N) is 3. The van der Waals surface area contributed by atoms with Crippen LogP contribution in [-0.2, 0) is 16.1 Å². The molecule has 2 aliphatic carbocycles. The standard InChI is InChI=1S/C35H42N10O3.C6H11NO/c1-3-29-33-26(15-38-45(33)24-17-44(18-24)16-22-6-4-7-23(19-46)39-22)25-8-5-9-27(32(25)43(29)2)41-28(31(37)35(48)40-21-12-13-21)14-30(36)42-34(47)20-10-11-20;1-7-4-2-3-6(8)5-7/h4-9,14-15,19-21,24,29,41H,3,10-13,16-18,36-37H2,1-2H3,(H,40,48)(H,42,47);2-3,6,8H,4-5H2,1H3/b30-14+,31-28+;. The highest BCUT2D eigenvalue weighted by molar-refractivity contribution is 5.96. The molecule has 8 N–H and O–H groups in total. The van der Waals surface area contributed by atoms with Crippen LogP contribution in [0.4, 0.5) is 11.4 Å². The van der Waals surface area contributed by atoms with Crippen LogP contribution in [0.5, 0.6) is 0 Å². The first-order valence-electron chi connectivity index (χ1n) is 19.5. The Labute approximate surface area is 327 Å². The molecule has 15 nitrogen and oxygen atoms in total. The maximum absolute atomic E-state index is 13.1. The van der Waals surface area contributed by atoms with Crippen LogP contribution in [0.1, 0.15) is 73.0 Å². The van der Waals surface area contributed by atoms with E-state index in [9.17, 15) is 14.4 Å². The van der Waals surface area contributed by atoms with Gasteiger partial charge in [0.2, 0.25) is 5.91 Å². The zero-order valence-electron chi connectivity index (χ0n) is 32.3. The van der Waals surface area contributed by atoms with Crippen molar-refractivity contribution in [3.63, 3.8) is 0 Å². The number of carbonyl (C=O) groups excluding carboxylic acids is 3. The fraction of sp³-hybridized carbons (Fsp3) is 0.439. The third-order valence-corrected chi connectivity index (χ3v) is 10.8. The summed E-state index contributed by atoms with van der Waals surface area (Å²) < 4.78 is 2.17. The molecule has 0 radical (unpaired) electrons. The summed E-state index contributed by atoms with van der Waals surface area (Å²) in [6.07, 6.45) is 12.2. The number of hydrogen-bond acceptors (Lipinski definition) is 12. The number of para-hydroxylation sites is 1. The van der Waals surface area contributed by atoms with Crippen molar-refractivity contribution in [3.05, 3.63) is 95.1 Å². The number of nitrogens with two attached hydrogens (primary N) is 2. The molecule has 5 heterocycles. The summed E-state index contributed by atoms with van der Waals surface area (Å²) in [6, 6.07) is 11.9. The Morgan fingerprint density at radius 2 is 1.79 bits per heavy atom. The second-order valence-electron chi connectivity index (χ2n) is 15.4. The number of benzene rings is 1. The SMILES string of the molecule is CCC1c2c(cnn2C2CN(Cc3cccc(C=O)n3)C2)-c2cccc(NC(/C=C(\N)NC(=O)C3CC3)=C(/N)C(=O)NC3CC3)c2N1C.CN1CC=CC(O)C1. The van der Waals surface area contributed by atoms with Gasteiger partial charge in [0.05, 0.1) is 52.8 Å². The summed E-state index contributed by atoms with van der Waals surface area (Å²) in [5, 5.41) is 23.0. The van der Waals surface area contributed by atoms with Crippen LogP contribution in [0.2, 0.25) is 0 Å². The number of allylic oxidation sites excluding steroid dienone is 1. The lowest BCUT2D eigenvalue weighted by Crippen LogP contribution is -2.48. The van der Waals surface area contributed by atoms with Gasteiger partial charge in [-0.05, 0) is 57.4 Å². The summed E-state index contributed by atoms with van der Waals surface area (Å²) in [7, 11) is 4.07. The first kappa shape index (κ1) is 38.8. The molecular formula is C41H53N11O4. The summed E-state index contributed by atoms with van der Waals surface area (Å²) >= 11 is 0. The Hall–Kier alpha value is -5.51. The largest absolute Gasteiger partial charge is 0.393 e. The number of nitrogens with zero attached hydrogens (tertiary/aromatic N) is 6. The number of carbonyl (C=O) groups is 3. The predicted octanol–water partition coefficient (Wildman–Crippen LogP) is 2.75. The first-order chi connectivity index (χ1) is 27.0. The first-order valence-corrected chi connectivity index (χ1v) is 19.5. The number of likely N-dealkylation sites (N-methyl/N-ethyl adjacent to an activating group) is 1. The highest BCUT2D eigenvalue weighted by atomic mass is 16.3. The number of anilines is 2. The Kier molecular flexibility index (Phi) is 11.6. The minimum absolute atomic E-state index is 0.00948. The van der Waals surface area contributed by atoms with Crippen molar-refractivity contribution < 1.29 is 19.5 Å². The molecule has 8 rings (SSSR count). The molecule has 2 amide bonds. The normalized spacial score (nSPS) is 21.4. The van der Waals surface area contributed by atoms with Gasteiger partial charge >= 0.3 is 0 Å². The van der Waals surface area contributed by atoms with Crippen molar-refractivity contribution in [1.29, 1.82) is 0 Å². The molecule has 56 heavy (non-hydrogen) atoms. The van der Waals surface area contributed by atoms with Crippen LogP contribution in [0.15, 0.2) is 78.0 Å². The van der Waals surface area contributed by atoms with Crippen molar-refractivity contribution in [2.24, 2.45) is 17.4 Å². The van der Waals surface area contributed by atoms with Crippen LogP contribution in [0, 0.1) is 5.92 Å². The van der Waals surface area contributed by atoms with Crippen molar-refractivity contribution in [2.75, 3.05) is 50.5 Å². The highest BCUT2D eigenvalue weighted by Gasteiger charge is 2.38. The van der Waals surface area contributed by atoms with Gasteiger partial charge in [-0.3, -0.25) is 28.9 Å². The average molecular weight is 764 g/mol. The van der Waals surface area contributed by atoms with E-state index in [4.69, 9.17) is 21.7 Å². The third-order valence-electron chi connectivity index (χ3n) is 10.8. The molecule has 3 fully saturated rings. The van der Waals surface area contributed by atoms with E-state index in [1.165, 1.54) is 11.8 Å². The van der Waals surface area contributed by atoms with Crippen LogP contribution in [-0.4, -0.2) is 100 Å². The van der Waals surface area contributed by atoms with Gasteiger partial charge in [0.1, 0.15) is 17.2 Å². The van der Waals surface area contributed by atoms with Crippen LogP contribution in [0.3, 0.4) is 0 Å². The fourth-order valence-electron chi connectivity index (χ4n) is 7.53. The van der Waals surface area contributed by atoms with E-state index in [2.05, 4.69) is 60.4 Å². The Morgan fingerprint density at radius 1 is 1.02 bits per heavy atom. The van der Waals surface area contributed by atoms with Crippen molar-refractivity contribution in [2.45, 2.75) is 69.8 Å². The summed E-state index contributed by atoms with van der Waals surface area (Å²) in [5.74, 6) is -0.419. The van der Waals surface area contributed by atoms with Gasteiger partial charge in [-0.15, -0.1) is 0 Å². The average Bonchev–Trinajstić information content (AvgIpc) is 4.11. The van der Waals surface area contributed by atoms with Gasteiger partial charge in [-0.25, -0.2) is 4.98 Å². The van der Waals surface area contributed by atoms with E-state index >= 15 is 0 Å². The molecule has 3 aromatic rings. The maximum Gasteiger partial charge on any atom is 0.269 e. The van der Waals surface area contributed by atoms with E-state index in [0.717, 1.165) is 92.8 Å². The summed E-state index contributed by atoms with van der Waals surface area (Å²) in [4.78, 5) is 47.7. The Morgan fingerprint density at radius 3 is 2.45 bits per heavy atom. The second-order valence-corrected chi connectivity index (χ2v) is 15.4. The monoisotopic (exact) mass is 763 g/mol. The van der Waals surface area contributed by atoms with E-state index < -0.39 is 0 Å². The molecule has 3 aliphatic heterocycles. The molecule has 2 saturated carbocycles. The van der Waals surface area contributed by atoms with E-state index in [0.29, 0.717) is 17.9 Å². The molecule has 2 atom stereocenters. The molecule has 2 aromatic heterocycles. The number of amides is 2. The number of rotatable bonds is 12. The molecule has 0 spiro atoms. The number of aliphatic hydroxyl groups excluding tert-OH is 1. The van der Waals surface area contributed by atoms with Gasteiger partial charge in [0.15, 0.2) is 6.29 Å². The van der Waals surface area contributed by atoms with Crippen LogP contribution in [0.25, 0.3) is 11.1 Å². The number of aromatic nitrogens is 3. The topological polar surface area (TPSA) is 200 Å². The Balaban J connectivity index is 0.000000536. The number of fused-ring (bicyclic) bond motifs is 3. The zero-order chi connectivity index (χ0) is 39.5. The summed E-state index contributed by atoms with van der Waals surface area (Å²) in [6.45, 7) is 6.25. The lowest BCUT2D eigenvalue weighted by molar-refractivity contribution is -0.121. The molecule has 0 bridgehead atoms. The van der Waals surface area contributed by atoms with Crippen LogP contribution >= 0.6 is 0 Å². The van der Waals surface area contributed by atoms with Gasteiger partial charge in [0, 0.05) is 68.9 Å². The molecule has 1 saturated heterocycles. The zero-order valence-corrected chi connectivity index (χ0v) is 32.3. The molecule has 5 aliphatic rings. The van der Waals surface area contributed by atoms with Gasteiger partial charge < -0.3 is 37.4 Å². The molecule has 2 unspecified atom stereocenters. The molecular weight excluding hydrogens is 711 g/mol. The Bertz CT molecular complexity index is 2040. The lowest BCUT2D eigenvalue weighted by Gasteiger charge is -2.43. The summed E-state index contributed by atoms with van der Waals surface area (Å²) in [5.41, 5.74) is 19.3. The predicted molar refractivity (Wildman–Crippen MR) is 215 cm³/mol. The van der Waals surface area contributed by atoms with E-state index in [1.807, 2.05) is 49.7 Å². The number of likely N-dealkylation sites (tertiary alicyclic amines) is 1. The van der Waals surface area contributed by atoms with Gasteiger partial charge in [-0.2, -0.15) is 5.10 Å². The van der Waals surface area contributed by atoms with Crippen molar-refractivity contribution >= 4 is 29.5 Å². The second kappa shape index (κ2) is 16.7. The fourth-order valence-corrected chi connectivity index (χ4v) is 7.53. The quantitative estimate of drug-likeness (QED) is 0.0684. The van der Waals surface area contributed by atoms with Gasteiger partial charge in [-0.1, -0.05) is 37.3 Å². The maximum atomic E-state index is 13.1. The smallest absolute Gasteiger partial charge is 0.269 e. The number of aldehydes is 1. The van der Waals surface area contributed by atoms with Crippen molar-refractivity contribution in [1.82, 2.24) is 35.2 Å². The molecule has 1 aromatic carbocycles. The van der Waals surface area contributed by atoms with Gasteiger partial charge in [0.25, 0.3) is 5.91 Å². The number of aliphatic hydroxyl groups is 1. The highest BCUT2D eigenvalue weighted by Crippen LogP contribution is 2.49. The minimum Gasteiger partial charge on any atom is -0.393 e. The molecule has 296 valence electrons. The third kappa shape index (κ3) is 8.80. The van der Waals surface area contributed by atoms with E-state index in [-0.39, 0.29) is 53.5 Å². The molecule has 15 heteroatoms.